The van der Waals surface area contributed by atoms with Gasteiger partial charge in [-0.05, 0) is 11.5 Å². The molecule has 0 aliphatic heterocycles. The second-order valence-electron chi connectivity index (χ2n) is 5.39. The minimum absolute atomic E-state index is 0.168. The van der Waals surface area contributed by atoms with Crippen LogP contribution in [-0.2, 0) is 14.3 Å². The number of ether oxygens (including phenoxy) is 1. The van der Waals surface area contributed by atoms with Crippen LogP contribution in [0.4, 0.5) is 0 Å². The van der Waals surface area contributed by atoms with Gasteiger partial charge < -0.3 is 15.4 Å². The molecule has 0 aromatic heterocycles. The minimum Gasteiger partial charge on any atom is -0.469 e. The number of nitrogens with zero attached hydrogens (tertiary/aromatic N) is 1. The van der Waals surface area contributed by atoms with Gasteiger partial charge in [0, 0.05) is 13.1 Å². The van der Waals surface area contributed by atoms with E-state index >= 15 is 0 Å². The Labute approximate surface area is 126 Å². The average molecular weight is 292 g/mol. The molecule has 0 radical (unpaired) electrons. The number of methoxy groups -OCH3 is 1. The van der Waals surface area contributed by atoms with Gasteiger partial charge in [-0.1, -0.05) is 44.2 Å². The third-order valence-corrected chi connectivity index (χ3v) is 3.14. The quantitative estimate of drug-likeness (QED) is 0.777. The predicted molar refractivity (Wildman–Crippen MR) is 81.4 cm³/mol. The lowest BCUT2D eigenvalue weighted by atomic mass is 10.1. The summed E-state index contributed by atoms with van der Waals surface area (Å²) in [5.41, 5.74) is 6.82. The van der Waals surface area contributed by atoms with Gasteiger partial charge in [-0.3, -0.25) is 9.59 Å². The molecule has 0 fully saturated rings. The number of rotatable bonds is 7. The van der Waals surface area contributed by atoms with Gasteiger partial charge in [0.05, 0.1) is 13.5 Å². The Kier molecular flexibility index (Phi) is 6.88. The molecule has 0 heterocycles. The lowest BCUT2D eigenvalue weighted by molar-refractivity contribution is -0.142. The van der Waals surface area contributed by atoms with Crippen molar-refractivity contribution in [3.8, 4) is 0 Å². The monoisotopic (exact) mass is 292 g/mol. The van der Waals surface area contributed by atoms with Gasteiger partial charge in [-0.25, -0.2) is 0 Å². The van der Waals surface area contributed by atoms with Crippen molar-refractivity contribution in [3.63, 3.8) is 0 Å². The first-order valence-electron chi connectivity index (χ1n) is 7.11. The summed E-state index contributed by atoms with van der Waals surface area (Å²) >= 11 is 0. The number of hydrogen-bond donors (Lipinski definition) is 1. The maximum Gasteiger partial charge on any atom is 0.307 e. The van der Waals surface area contributed by atoms with E-state index in [1.165, 1.54) is 7.11 Å². The molecular formula is C16H24N2O3. The fraction of sp³-hybridized carbons (Fsp3) is 0.500. The van der Waals surface area contributed by atoms with Gasteiger partial charge >= 0.3 is 5.97 Å². The van der Waals surface area contributed by atoms with Crippen LogP contribution in [0.15, 0.2) is 30.3 Å². The van der Waals surface area contributed by atoms with E-state index in [0.29, 0.717) is 19.0 Å². The fourth-order valence-corrected chi connectivity index (χ4v) is 2.06. The van der Waals surface area contributed by atoms with Crippen molar-refractivity contribution >= 4 is 11.9 Å². The minimum atomic E-state index is -0.706. The number of carbonyl (C=O) groups excluding carboxylic acids is 2. The largest absolute Gasteiger partial charge is 0.469 e. The number of hydrogen-bond acceptors (Lipinski definition) is 4. The summed E-state index contributed by atoms with van der Waals surface area (Å²) in [7, 11) is 1.34. The lowest BCUT2D eigenvalue weighted by Gasteiger charge is -2.27. The Morgan fingerprint density at radius 1 is 1.24 bits per heavy atom. The van der Waals surface area contributed by atoms with Crippen molar-refractivity contribution in [3.05, 3.63) is 35.9 Å². The highest BCUT2D eigenvalue weighted by atomic mass is 16.5. The number of nitrogens with two attached hydrogens (primary N) is 1. The molecule has 0 aliphatic rings. The van der Waals surface area contributed by atoms with Crippen LogP contribution in [0.5, 0.6) is 0 Å². The van der Waals surface area contributed by atoms with Crippen molar-refractivity contribution in [2.45, 2.75) is 26.3 Å². The van der Waals surface area contributed by atoms with E-state index in [2.05, 4.69) is 4.74 Å². The molecule has 0 aliphatic carbocycles. The second-order valence-corrected chi connectivity index (χ2v) is 5.39. The van der Waals surface area contributed by atoms with Crippen LogP contribution < -0.4 is 5.73 Å². The Bertz CT molecular complexity index is 460. The van der Waals surface area contributed by atoms with Crippen molar-refractivity contribution in [1.82, 2.24) is 4.90 Å². The number of amides is 1. The average Bonchev–Trinajstić information content (AvgIpc) is 2.50. The molecule has 21 heavy (non-hydrogen) atoms. The van der Waals surface area contributed by atoms with Crippen LogP contribution in [0.2, 0.25) is 0 Å². The van der Waals surface area contributed by atoms with Crippen LogP contribution in [0.3, 0.4) is 0 Å². The van der Waals surface area contributed by atoms with Crippen LogP contribution in [0, 0.1) is 5.92 Å². The molecule has 116 valence electrons. The van der Waals surface area contributed by atoms with Crippen LogP contribution in [-0.4, -0.2) is 37.0 Å². The van der Waals surface area contributed by atoms with E-state index in [1.807, 2.05) is 44.2 Å². The van der Waals surface area contributed by atoms with Crippen LogP contribution >= 0.6 is 0 Å². The molecule has 1 atom stereocenters. The molecule has 0 saturated carbocycles. The van der Waals surface area contributed by atoms with Crippen molar-refractivity contribution in [2.75, 3.05) is 20.2 Å². The molecule has 5 heteroatoms. The number of esters is 1. The molecule has 1 rings (SSSR count). The maximum atomic E-state index is 12.5. The van der Waals surface area contributed by atoms with Gasteiger partial charge in [-0.15, -0.1) is 0 Å². The summed E-state index contributed by atoms with van der Waals surface area (Å²) in [6, 6.07) is 8.53. The van der Waals surface area contributed by atoms with Gasteiger partial charge in [0.1, 0.15) is 6.04 Å². The highest BCUT2D eigenvalue weighted by Gasteiger charge is 2.23. The molecule has 1 aromatic rings. The highest BCUT2D eigenvalue weighted by Crippen LogP contribution is 2.14. The van der Waals surface area contributed by atoms with Crippen LogP contribution in [0.25, 0.3) is 0 Å². The van der Waals surface area contributed by atoms with Gasteiger partial charge in [0.25, 0.3) is 0 Å². The zero-order chi connectivity index (χ0) is 15.8. The molecule has 1 aromatic carbocycles. The van der Waals surface area contributed by atoms with Gasteiger partial charge in [0.15, 0.2) is 0 Å². The Morgan fingerprint density at radius 3 is 2.38 bits per heavy atom. The van der Waals surface area contributed by atoms with Crippen molar-refractivity contribution < 1.29 is 14.3 Å². The van der Waals surface area contributed by atoms with E-state index < -0.39 is 6.04 Å². The first kappa shape index (κ1) is 17.2. The Hall–Kier alpha value is -1.88. The molecule has 5 nitrogen and oxygen atoms in total. The van der Waals surface area contributed by atoms with Gasteiger partial charge in [-0.2, -0.15) is 0 Å². The fourth-order valence-electron chi connectivity index (χ4n) is 2.06. The molecule has 0 bridgehead atoms. The van der Waals surface area contributed by atoms with Crippen molar-refractivity contribution in [2.24, 2.45) is 11.7 Å². The topological polar surface area (TPSA) is 72.6 Å². The van der Waals surface area contributed by atoms with Crippen molar-refractivity contribution in [1.29, 1.82) is 0 Å². The van der Waals surface area contributed by atoms with E-state index in [0.717, 1.165) is 5.56 Å². The second kappa shape index (κ2) is 8.42. The van der Waals surface area contributed by atoms with E-state index in [9.17, 15) is 9.59 Å². The molecule has 1 amide bonds. The normalized spacial score (nSPS) is 12.0. The van der Waals surface area contributed by atoms with E-state index in [4.69, 9.17) is 5.73 Å². The third kappa shape index (κ3) is 5.55. The predicted octanol–water partition coefficient (Wildman–Crippen LogP) is 1.73. The maximum absolute atomic E-state index is 12.5. The third-order valence-electron chi connectivity index (χ3n) is 3.14. The molecular weight excluding hydrogens is 268 g/mol. The van der Waals surface area contributed by atoms with Gasteiger partial charge in [0.2, 0.25) is 5.91 Å². The summed E-state index contributed by atoms with van der Waals surface area (Å²) < 4.78 is 4.62. The summed E-state index contributed by atoms with van der Waals surface area (Å²) in [5, 5.41) is 0. The first-order chi connectivity index (χ1) is 9.95. The number of benzene rings is 1. The highest BCUT2D eigenvalue weighted by molar-refractivity contribution is 5.83. The van der Waals surface area contributed by atoms with Crippen LogP contribution in [0.1, 0.15) is 31.9 Å². The Morgan fingerprint density at radius 2 is 1.86 bits per heavy atom. The zero-order valence-corrected chi connectivity index (χ0v) is 12.9. The zero-order valence-electron chi connectivity index (χ0n) is 12.9. The summed E-state index contributed by atoms with van der Waals surface area (Å²) in [6.45, 7) is 4.93. The summed E-state index contributed by atoms with van der Waals surface area (Å²) in [5.74, 6) is -0.196. The van der Waals surface area contributed by atoms with E-state index in [1.54, 1.807) is 4.90 Å². The standard InChI is InChI=1S/C16H24N2O3/c1-12(2)11-18(10-9-14(19)21-3)16(20)15(17)13-7-5-4-6-8-13/h4-8,12,15H,9-11,17H2,1-3H3/t15-/m1/s1. The lowest BCUT2D eigenvalue weighted by Crippen LogP contribution is -2.41. The SMILES string of the molecule is COC(=O)CCN(CC(C)C)C(=O)[C@H](N)c1ccccc1. The molecule has 0 unspecified atom stereocenters. The first-order valence-corrected chi connectivity index (χ1v) is 7.11. The summed E-state index contributed by atoms with van der Waals surface area (Å²) in [4.78, 5) is 25.4. The molecule has 2 N–H and O–H groups in total. The summed E-state index contributed by atoms with van der Waals surface area (Å²) in [6.07, 6.45) is 0.177. The molecule has 0 spiro atoms. The van der Waals surface area contributed by atoms with E-state index in [-0.39, 0.29) is 18.3 Å². The Balaban J connectivity index is 2.76. The number of carbonyl (C=O) groups is 2. The molecule has 0 saturated heterocycles. The smallest absolute Gasteiger partial charge is 0.307 e.